The Hall–Kier alpha value is -2.56. The highest BCUT2D eigenvalue weighted by molar-refractivity contribution is 7.53. The summed E-state index contributed by atoms with van der Waals surface area (Å²) < 4.78 is 47.6. The first kappa shape index (κ1) is 48.5. The lowest BCUT2D eigenvalue weighted by Gasteiger charge is -2.44. The highest BCUT2D eigenvalue weighted by Gasteiger charge is 2.37. The van der Waals surface area contributed by atoms with E-state index in [9.17, 15) is 18.9 Å². The summed E-state index contributed by atoms with van der Waals surface area (Å²) in [6, 6.07) is 18.0. The molecule has 2 aromatic heterocycles. The van der Waals surface area contributed by atoms with Crippen molar-refractivity contribution >= 4 is 37.9 Å². The van der Waals surface area contributed by atoms with E-state index in [1.165, 1.54) is 69.6 Å². The van der Waals surface area contributed by atoms with Crippen molar-refractivity contribution in [3.63, 3.8) is 0 Å². The lowest BCUT2D eigenvalue weighted by molar-refractivity contribution is 0.00878. The van der Waals surface area contributed by atoms with E-state index < -0.39 is 15.2 Å². The zero-order valence-electron chi connectivity index (χ0n) is 38.6. The number of benzene rings is 2. The molecule has 0 atom stereocenters. The fraction of sp³-hybridized carbons (Fsp3) is 0.625. The number of hydrogen-bond acceptors (Lipinski definition) is 14. The Kier molecular flexibility index (Phi) is 16.2. The fourth-order valence-corrected chi connectivity index (χ4v) is 15.0. The minimum Gasteiger partial charge on any atom is -0.490 e. The first-order valence-electron chi connectivity index (χ1n) is 24.3. The summed E-state index contributed by atoms with van der Waals surface area (Å²) in [5.74, 6) is 1.87. The van der Waals surface area contributed by atoms with Gasteiger partial charge in [-0.2, -0.15) is 0 Å². The van der Waals surface area contributed by atoms with Gasteiger partial charge in [0.2, 0.25) is 0 Å². The smallest absolute Gasteiger partial charge is 0.344 e. The molecule has 0 amide bonds. The molecule has 18 heteroatoms. The molecule has 2 aromatic carbocycles. The van der Waals surface area contributed by atoms with Crippen molar-refractivity contribution in [2.75, 3.05) is 65.1 Å². The van der Waals surface area contributed by atoms with Gasteiger partial charge in [-0.05, 0) is 114 Å². The van der Waals surface area contributed by atoms with Gasteiger partial charge in [-0.25, -0.2) is 9.97 Å². The number of aromatic nitrogens is 2. The topological polar surface area (TPSA) is 150 Å². The van der Waals surface area contributed by atoms with E-state index in [0.717, 1.165) is 107 Å². The molecule has 0 bridgehead atoms. The number of likely N-dealkylation sites (tertiary alicyclic amines) is 2. The summed E-state index contributed by atoms with van der Waals surface area (Å²) in [5.41, 5.74) is 4.40. The summed E-state index contributed by atoms with van der Waals surface area (Å²) in [6.07, 6.45) is 15.1. The van der Waals surface area contributed by atoms with Crippen LogP contribution in [-0.2, 0) is 44.1 Å². The van der Waals surface area contributed by atoms with Gasteiger partial charge in [0.1, 0.15) is 46.3 Å². The summed E-state index contributed by atoms with van der Waals surface area (Å²) in [6.45, 7) is 12.2. The number of ether oxygens (including phenoxy) is 2. The van der Waals surface area contributed by atoms with Crippen molar-refractivity contribution in [2.45, 2.75) is 128 Å². The van der Waals surface area contributed by atoms with Crippen molar-refractivity contribution in [1.29, 1.82) is 0 Å². The van der Waals surface area contributed by atoms with Gasteiger partial charge < -0.3 is 38.1 Å². The second-order valence-corrected chi connectivity index (χ2v) is 24.5. The lowest BCUT2D eigenvalue weighted by atomic mass is 9.86. The molecule has 10 rings (SSSR count). The van der Waals surface area contributed by atoms with Gasteiger partial charge >= 0.3 is 15.2 Å². The second-order valence-electron chi connectivity index (χ2n) is 18.7. The van der Waals surface area contributed by atoms with E-state index in [1.54, 1.807) is 22.7 Å². The Bertz CT molecular complexity index is 2280. The number of fused-ring (bicyclic) bond motifs is 2. The lowest BCUT2D eigenvalue weighted by Crippen LogP contribution is -2.50. The largest absolute Gasteiger partial charge is 0.490 e. The minimum atomic E-state index is -4.03. The normalized spacial score (nSPS) is 24.3. The van der Waals surface area contributed by atoms with Crippen molar-refractivity contribution in [3.05, 3.63) is 69.7 Å². The third-order valence-corrected chi connectivity index (χ3v) is 18.9. The molecular weight excluding hydrogens is 915 g/mol. The molecule has 4 aromatic rings. The van der Waals surface area contributed by atoms with Gasteiger partial charge in [0.15, 0.2) is 0 Å². The molecule has 6 heterocycles. The van der Waals surface area contributed by atoms with Gasteiger partial charge in [0.05, 0.1) is 24.6 Å². The van der Waals surface area contributed by atoms with Crippen LogP contribution in [0.15, 0.2) is 48.5 Å². The van der Waals surface area contributed by atoms with E-state index in [0.29, 0.717) is 50.8 Å². The molecule has 66 heavy (non-hydrogen) atoms. The van der Waals surface area contributed by atoms with Crippen molar-refractivity contribution < 1.29 is 37.4 Å². The minimum absolute atomic E-state index is 0.189. The Morgan fingerprint density at radius 3 is 1.39 bits per heavy atom. The average molecular weight is 983 g/mol. The molecule has 6 aliphatic rings. The monoisotopic (exact) mass is 982 g/mol. The van der Waals surface area contributed by atoms with E-state index in [4.69, 9.17) is 28.5 Å². The zero-order valence-corrected chi connectivity index (χ0v) is 42.1. The number of thiazole rings is 2. The van der Waals surface area contributed by atoms with Crippen molar-refractivity contribution in [1.82, 2.24) is 29.6 Å². The Morgan fingerprint density at radius 2 is 1.00 bits per heavy atom. The average Bonchev–Trinajstić information content (AvgIpc) is 3.91. The van der Waals surface area contributed by atoms with Crippen LogP contribution in [0.5, 0.6) is 11.5 Å². The second kappa shape index (κ2) is 22.0. The number of nitrogens with zero attached hydrogens (tertiary/aromatic N) is 6. The molecule has 2 saturated heterocycles. The molecular formula is C48H68N6O8P2S2. The Labute approximate surface area is 398 Å². The fourth-order valence-electron chi connectivity index (χ4n) is 10.2. The molecule has 0 spiro atoms. The van der Waals surface area contributed by atoms with Crippen LogP contribution in [0.4, 0.5) is 0 Å². The van der Waals surface area contributed by atoms with Crippen LogP contribution in [0.3, 0.4) is 0 Å². The standard InChI is InChI=1S/C26H38N3O4PS.C22H30N3O4PS/c1-3-31-34(30,32-4-2)19-28-15-12-24-25(18-28)35-26(27-24)20-8-10-22(11-9-20)33-23-16-21(17-23)29-13-6-5-7-14-29;26-30(27,28)15-24-11-8-20-21(14-24)31-22(23-20)16-4-6-18(7-5-16)29-19-12-17(13-19)25-9-2-1-3-10-25/h8-11,21,23H,3-7,12-19H2,1-2H3;4-7,17,19H,1-3,8-15H2,(H2,26,27,28). The van der Waals surface area contributed by atoms with E-state index >= 15 is 0 Å². The van der Waals surface area contributed by atoms with E-state index in [1.807, 2.05) is 30.9 Å². The van der Waals surface area contributed by atoms with E-state index in [2.05, 4.69) is 51.1 Å². The summed E-state index contributed by atoms with van der Waals surface area (Å²) in [5, 5.41) is 2.00. The molecule has 2 aliphatic carbocycles. The summed E-state index contributed by atoms with van der Waals surface area (Å²) in [4.78, 5) is 39.8. The molecule has 14 nitrogen and oxygen atoms in total. The Morgan fingerprint density at radius 1 is 0.591 bits per heavy atom. The van der Waals surface area contributed by atoms with Crippen LogP contribution in [0, 0.1) is 0 Å². The Balaban J connectivity index is 0.000000167. The maximum absolute atomic E-state index is 12.9. The van der Waals surface area contributed by atoms with Crippen LogP contribution < -0.4 is 9.47 Å². The highest BCUT2D eigenvalue weighted by atomic mass is 32.1. The molecule has 4 fully saturated rings. The van der Waals surface area contributed by atoms with Gasteiger partial charge in [0, 0.05) is 97.7 Å². The highest BCUT2D eigenvalue weighted by Crippen LogP contribution is 2.49. The predicted octanol–water partition coefficient (Wildman–Crippen LogP) is 9.49. The van der Waals surface area contributed by atoms with Gasteiger partial charge in [-0.3, -0.25) is 18.9 Å². The molecule has 360 valence electrons. The van der Waals surface area contributed by atoms with Crippen LogP contribution in [0.1, 0.15) is 99.2 Å². The molecule has 2 saturated carbocycles. The molecule has 4 aliphatic heterocycles. The number of piperidine rings is 2. The van der Waals surface area contributed by atoms with Crippen LogP contribution in [-0.4, -0.2) is 129 Å². The number of hydrogen-bond donors (Lipinski definition) is 2. The number of rotatable bonds is 16. The first-order chi connectivity index (χ1) is 32.0. The molecule has 0 unspecified atom stereocenters. The van der Waals surface area contributed by atoms with E-state index in [-0.39, 0.29) is 6.29 Å². The van der Waals surface area contributed by atoms with Gasteiger partial charge in [-0.1, -0.05) is 12.8 Å². The quantitative estimate of drug-likeness (QED) is 0.103. The zero-order chi connectivity index (χ0) is 45.7. The third kappa shape index (κ3) is 12.6. The maximum Gasteiger partial charge on any atom is 0.344 e. The summed E-state index contributed by atoms with van der Waals surface area (Å²) in [7, 11) is -7.12. The first-order valence-corrected chi connectivity index (χ1v) is 29.5. The SMILES string of the molecule is CCOP(=O)(CN1CCc2nc(-c3ccc(OC4CC(N5CCCCC5)C4)cc3)sc2C1)OCC.O=P(O)(O)CN1CCc2nc(-c3ccc(OC4CC(N5CCCCC5)C4)cc3)sc2C1. The predicted molar refractivity (Wildman–Crippen MR) is 262 cm³/mol. The van der Waals surface area contributed by atoms with Crippen LogP contribution >= 0.6 is 37.9 Å². The molecule has 0 radical (unpaired) electrons. The maximum atomic E-state index is 12.9. The van der Waals surface area contributed by atoms with Crippen LogP contribution in [0.2, 0.25) is 0 Å². The molecule has 2 N–H and O–H groups in total. The summed E-state index contributed by atoms with van der Waals surface area (Å²) >= 11 is 3.34. The van der Waals surface area contributed by atoms with Crippen molar-refractivity contribution in [2.24, 2.45) is 0 Å². The third-order valence-electron chi connectivity index (χ3n) is 13.8. The van der Waals surface area contributed by atoms with Gasteiger partial charge in [0.25, 0.3) is 0 Å². The van der Waals surface area contributed by atoms with Crippen molar-refractivity contribution in [3.8, 4) is 32.6 Å². The van der Waals surface area contributed by atoms with Crippen LogP contribution in [0.25, 0.3) is 21.1 Å². The van der Waals surface area contributed by atoms with Gasteiger partial charge in [-0.15, -0.1) is 22.7 Å².